The van der Waals surface area contributed by atoms with Crippen LogP contribution in [0.1, 0.15) is 11.1 Å². The topological polar surface area (TPSA) is 54.0 Å². The number of para-hydroxylation sites is 2. The van der Waals surface area contributed by atoms with Crippen molar-refractivity contribution in [3.8, 4) is 11.5 Å². The van der Waals surface area contributed by atoms with E-state index in [9.17, 15) is 4.79 Å². The largest absolute Gasteiger partial charge is 0.497 e. The van der Waals surface area contributed by atoms with E-state index >= 15 is 0 Å². The molecule has 0 saturated carbocycles. The van der Waals surface area contributed by atoms with Gasteiger partial charge in [0.2, 0.25) is 5.91 Å². The van der Waals surface area contributed by atoms with Gasteiger partial charge in [0.25, 0.3) is 0 Å². The molecule has 2 aliphatic heterocycles. The summed E-state index contributed by atoms with van der Waals surface area (Å²) in [5.41, 5.74) is 4.55. The van der Waals surface area contributed by atoms with E-state index in [-0.39, 0.29) is 17.9 Å². The van der Waals surface area contributed by atoms with Crippen molar-refractivity contribution in [2.24, 2.45) is 5.92 Å². The Hall–Kier alpha value is -3.67. The molecular weight excluding hydrogens is 426 g/mol. The molecule has 6 nitrogen and oxygen atoms in total. The first-order valence-corrected chi connectivity index (χ1v) is 11.8. The highest BCUT2D eigenvalue weighted by Crippen LogP contribution is 2.40. The zero-order chi connectivity index (χ0) is 23.5. The second-order valence-corrected chi connectivity index (χ2v) is 8.89. The first-order chi connectivity index (χ1) is 16.7. The molecular formula is C28H31N3O3. The third-order valence-corrected chi connectivity index (χ3v) is 7.00. The van der Waals surface area contributed by atoms with Crippen LogP contribution in [-0.4, -0.2) is 45.8 Å². The molecule has 0 spiro atoms. The highest BCUT2D eigenvalue weighted by molar-refractivity contribution is 5.82. The SMILES string of the molecule is COc1ccc2c(c1)N1CCN(c3ccccc3OC)C[C@H]1[C@@H](C(=O)NCc1ccccc1)C2. The summed E-state index contributed by atoms with van der Waals surface area (Å²) >= 11 is 0. The van der Waals surface area contributed by atoms with Gasteiger partial charge in [0.15, 0.2) is 0 Å². The van der Waals surface area contributed by atoms with Crippen molar-refractivity contribution in [3.05, 3.63) is 83.9 Å². The molecule has 0 unspecified atom stereocenters. The molecule has 2 atom stereocenters. The predicted octanol–water partition coefficient (Wildman–Crippen LogP) is 3.89. The average Bonchev–Trinajstić information content (AvgIpc) is 2.91. The molecule has 0 bridgehead atoms. The van der Waals surface area contributed by atoms with Crippen LogP contribution in [0.3, 0.4) is 0 Å². The van der Waals surface area contributed by atoms with Crippen molar-refractivity contribution in [3.63, 3.8) is 0 Å². The third-order valence-electron chi connectivity index (χ3n) is 7.00. The Morgan fingerprint density at radius 3 is 2.53 bits per heavy atom. The molecule has 6 heteroatoms. The van der Waals surface area contributed by atoms with Gasteiger partial charge in [-0.05, 0) is 35.7 Å². The van der Waals surface area contributed by atoms with Gasteiger partial charge in [0.1, 0.15) is 11.5 Å². The normalized spacial score (nSPS) is 19.1. The van der Waals surface area contributed by atoms with Crippen LogP contribution in [0.2, 0.25) is 0 Å². The highest BCUT2D eigenvalue weighted by atomic mass is 16.5. The fourth-order valence-electron chi connectivity index (χ4n) is 5.23. The molecule has 1 fully saturated rings. The maximum absolute atomic E-state index is 13.5. The van der Waals surface area contributed by atoms with Crippen molar-refractivity contribution in [1.82, 2.24) is 5.32 Å². The van der Waals surface area contributed by atoms with Crippen LogP contribution < -0.4 is 24.6 Å². The van der Waals surface area contributed by atoms with E-state index in [1.165, 1.54) is 11.3 Å². The summed E-state index contributed by atoms with van der Waals surface area (Å²) in [6.07, 6.45) is 0.709. The number of carbonyl (C=O) groups excluding carboxylic acids is 1. The molecule has 5 rings (SSSR count). The summed E-state index contributed by atoms with van der Waals surface area (Å²) in [5.74, 6) is 1.65. The molecule has 0 aliphatic carbocycles. The van der Waals surface area contributed by atoms with Crippen LogP contribution >= 0.6 is 0 Å². The Kier molecular flexibility index (Phi) is 6.30. The maximum Gasteiger partial charge on any atom is 0.225 e. The van der Waals surface area contributed by atoms with Crippen molar-refractivity contribution in [2.45, 2.75) is 19.0 Å². The fourth-order valence-corrected chi connectivity index (χ4v) is 5.23. The second-order valence-electron chi connectivity index (χ2n) is 8.89. The summed E-state index contributed by atoms with van der Waals surface area (Å²) < 4.78 is 11.1. The van der Waals surface area contributed by atoms with Gasteiger partial charge in [0, 0.05) is 37.9 Å². The molecule has 1 saturated heterocycles. The number of hydrogen-bond acceptors (Lipinski definition) is 5. The fraction of sp³-hybridized carbons (Fsp3) is 0.321. The van der Waals surface area contributed by atoms with E-state index in [0.717, 1.165) is 42.4 Å². The van der Waals surface area contributed by atoms with E-state index in [4.69, 9.17) is 9.47 Å². The first-order valence-electron chi connectivity index (χ1n) is 11.8. The standard InChI is InChI=1S/C28H31N3O3/c1-33-22-13-12-21-16-23(28(32)29-18-20-8-4-3-5-9-20)26-19-30(14-15-31(26)25(21)17-22)24-10-6-7-11-27(24)34-2/h3-13,17,23,26H,14-16,18-19H2,1-2H3,(H,29,32)/t23-,26-/m0/s1. The molecule has 2 aliphatic rings. The number of piperazine rings is 1. The van der Waals surface area contributed by atoms with Crippen LogP contribution in [0.5, 0.6) is 11.5 Å². The van der Waals surface area contributed by atoms with E-state index in [2.05, 4.69) is 33.3 Å². The van der Waals surface area contributed by atoms with Crippen molar-refractivity contribution in [1.29, 1.82) is 0 Å². The van der Waals surface area contributed by atoms with Gasteiger partial charge in [-0.2, -0.15) is 0 Å². The van der Waals surface area contributed by atoms with Crippen molar-refractivity contribution >= 4 is 17.3 Å². The Bertz CT molecular complexity index is 1150. The molecule has 0 aromatic heterocycles. The molecule has 0 radical (unpaired) electrons. The first kappa shape index (κ1) is 22.1. The van der Waals surface area contributed by atoms with Gasteiger partial charge >= 0.3 is 0 Å². The summed E-state index contributed by atoms with van der Waals surface area (Å²) in [6.45, 7) is 2.96. The van der Waals surface area contributed by atoms with Gasteiger partial charge < -0.3 is 24.6 Å². The zero-order valence-corrected chi connectivity index (χ0v) is 19.7. The van der Waals surface area contributed by atoms with Gasteiger partial charge in [-0.1, -0.05) is 48.5 Å². The Balaban J connectivity index is 1.44. The number of carbonyl (C=O) groups is 1. The van der Waals surface area contributed by atoms with Gasteiger partial charge in [-0.3, -0.25) is 4.79 Å². The lowest BCUT2D eigenvalue weighted by Crippen LogP contribution is -2.61. The number of anilines is 2. The maximum atomic E-state index is 13.5. The number of rotatable bonds is 6. The molecule has 2 heterocycles. The lowest BCUT2D eigenvalue weighted by molar-refractivity contribution is -0.126. The van der Waals surface area contributed by atoms with Crippen molar-refractivity contribution in [2.75, 3.05) is 43.7 Å². The van der Waals surface area contributed by atoms with E-state index in [1.807, 2.05) is 54.6 Å². The number of amides is 1. The van der Waals surface area contributed by atoms with Gasteiger partial charge in [0.05, 0.1) is 31.9 Å². The number of hydrogen-bond donors (Lipinski definition) is 1. The van der Waals surface area contributed by atoms with Gasteiger partial charge in [-0.25, -0.2) is 0 Å². The zero-order valence-electron chi connectivity index (χ0n) is 19.7. The number of methoxy groups -OCH3 is 2. The van der Waals surface area contributed by atoms with Crippen LogP contribution in [0.4, 0.5) is 11.4 Å². The average molecular weight is 458 g/mol. The smallest absolute Gasteiger partial charge is 0.225 e. The second kappa shape index (κ2) is 9.67. The summed E-state index contributed by atoms with van der Waals surface area (Å²) in [7, 11) is 3.40. The van der Waals surface area contributed by atoms with Crippen LogP contribution in [0.25, 0.3) is 0 Å². The Labute approximate surface area is 201 Å². The molecule has 1 amide bonds. The van der Waals surface area contributed by atoms with E-state index < -0.39 is 0 Å². The Morgan fingerprint density at radius 1 is 0.941 bits per heavy atom. The molecule has 3 aromatic rings. The number of benzene rings is 3. The van der Waals surface area contributed by atoms with Crippen LogP contribution in [0, 0.1) is 5.92 Å². The highest BCUT2D eigenvalue weighted by Gasteiger charge is 2.42. The quantitative estimate of drug-likeness (QED) is 0.609. The number of nitrogens with one attached hydrogen (secondary N) is 1. The monoisotopic (exact) mass is 457 g/mol. The van der Waals surface area contributed by atoms with E-state index in [0.29, 0.717) is 13.0 Å². The van der Waals surface area contributed by atoms with E-state index in [1.54, 1.807) is 14.2 Å². The molecule has 176 valence electrons. The predicted molar refractivity (Wildman–Crippen MR) is 135 cm³/mol. The minimum atomic E-state index is -0.151. The molecule has 34 heavy (non-hydrogen) atoms. The minimum absolute atomic E-state index is 0.0500. The van der Waals surface area contributed by atoms with Gasteiger partial charge in [-0.15, -0.1) is 0 Å². The minimum Gasteiger partial charge on any atom is -0.497 e. The van der Waals surface area contributed by atoms with Crippen LogP contribution in [0.15, 0.2) is 72.8 Å². The number of ether oxygens (including phenoxy) is 2. The third kappa shape index (κ3) is 4.28. The summed E-state index contributed by atoms with van der Waals surface area (Å²) in [5, 5.41) is 3.20. The van der Waals surface area contributed by atoms with Crippen LogP contribution in [-0.2, 0) is 17.8 Å². The summed E-state index contributed by atoms with van der Waals surface area (Å²) in [4.78, 5) is 18.3. The summed E-state index contributed by atoms with van der Waals surface area (Å²) in [6, 6.07) is 24.4. The van der Waals surface area contributed by atoms with Crippen molar-refractivity contribution < 1.29 is 14.3 Å². The number of fused-ring (bicyclic) bond motifs is 3. The lowest BCUT2D eigenvalue weighted by Gasteiger charge is -2.49. The molecule has 1 N–H and O–H groups in total. The number of nitrogens with zero attached hydrogens (tertiary/aromatic N) is 2. The Morgan fingerprint density at radius 2 is 1.74 bits per heavy atom. The lowest BCUT2D eigenvalue weighted by atomic mass is 9.83. The molecule has 3 aromatic carbocycles.